The lowest BCUT2D eigenvalue weighted by molar-refractivity contribution is 0.0234. The molecule has 2 fully saturated rings. The van der Waals surface area contributed by atoms with Gasteiger partial charge in [-0.25, -0.2) is 0 Å². The Kier molecular flexibility index (Phi) is 4.05. The molecule has 2 rings (SSSR count). The average Bonchev–Trinajstić information content (AvgIpc) is 2.82. The Morgan fingerprint density at radius 1 is 1.33 bits per heavy atom. The highest BCUT2D eigenvalue weighted by Gasteiger charge is 2.50. The van der Waals surface area contributed by atoms with Crippen molar-refractivity contribution in [3.63, 3.8) is 0 Å². The Hall–Kier alpha value is -0.120. The fourth-order valence-corrected chi connectivity index (χ4v) is 4.37. The van der Waals surface area contributed by atoms with Crippen LogP contribution in [0.2, 0.25) is 0 Å². The fraction of sp³-hybridized carbons (Fsp3) is 1.00. The van der Waals surface area contributed by atoms with Crippen LogP contribution in [-0.4, -0.2) is 55.6 Å². The summed E-state index contributed by atoms with van der Waals surface area (Å²) in [6.45, 7) is 9.35. The molecule has 2 atom stereocenters. The number of hydrogen-bond donors (Lipinski definition) is 1. The third kappa shape index (κ3) is 2.33. The minimum atomic E-state index is 0.230. The summed E-state index contributed by atoms with van der Waals surface area (Å²) in [6, 6.07) is 0. The molecule has 1 saturated heterocycles. The van der Waals surface area contributed by atoms with Gasteiger partial charge in [0.2, 0.25) is 0 Å². The Morgan fingerprint density at radius 2 is 2.06 bits per heavy atom. The SMILES string of the molecule is CN1CCC(CN(C)C2(CN)CCCC2(C)C)C1. The molecule has 18 heavy (non-hydrogen) atoms. The van der Waals surface area contributed by atoms with Crippen LogP contribution in [0.5, 0.6) is 0 Å². The molecule has 1 aliphatic carbocycles. The van der Waals surface area contributed by atoms with Gasteiger partial charge < -0.3 is 10.6 Å². The van der Waals surface area contributed by atoms with Gasteiger partial charge >= 0.3 is 0 Å². The summed E-state index contributed by atoms with van der Waals surface area (Å²) in [5, 5.41) is 0. The third-order valence-corrected chi connectivity index (χ3v) is 5.74. The highest BCUT2D eigenvalue weighted by atomic mass is 15.2. The molecular weight excluding hydrogens is 222 g/mol. The molecule has 0 bridgehead atoms. The summed E-state index contributed by atoms with van der Waals surface area (Å²) in [7, 11) is 4.54. The summed E-state index contributed by atoms with van der Waals surface area (Å²) in [5.74, 6) is 0.833. The van der Waals surface area contributed by atoms with Crippen LogP contribution in [-0.2, 0) is 0 Å². The lowest BCUT2D eigenvalue weighted by Gasteiger charge is -2.48. The topological polar surface area (TPSA) is 32.5 Å². The predicted molar refractivity (Wildman–Crippen MR) is 77.7 cm³/mol. The molecule has 1 heterocycles. The summed E-state index contributed by atoms with van der Waals surface area (Å²) < 4.78 is 0. The van der Waals surface area contributed by atoms with E-state index in [0.717, 1.165) is 12.5 Å². The fourth-order valence-electron chi connectivity index (χ4n) is 4.37. The van der Waals surface area contributed by atoms with Crippen molar-refractivity contribution >= 4 is 0 Å². The van der Waals surface area contributed by atoms with Gasteiger partial charge in [0.15, 0.2) is 0 Å². The first-order chi connectivity index (χ1) is 8.41. The first-order valence-electron chi connectivity index (χ1n) is 7.51. The van der Waals surface area contributed by atoms with E-state index in [-0.39, 0.29) is 5.54 Å². The first-order valence-corrected chi connectivity index (χ1v) is 7.51. The molecule has 3 nitrogen and oxygen atoms in total. The minimum Gasteiger partial charge on any atom is -0.329 e. The average molecular weight is 253 g/mol. The van der Waals surface area contributed by atoms with Crippen LogP contribution in [0.15, 0.2) is 0 Å². The molecule has 1 aliphatic heterocycles. The van der Waals surface area contributed by atoms with Crippen LogP contribution in [0.3, 0.4) is 0 Å². The molecular formula is C15H31N3. The van der Waals surface area contributed by atoms with Gasteiger partial charge in [0.05, 0.1) is 0 Å². The monoisotopic (exact) mass is 253 g/mol. The largest absolute Gasteiger partial charge is 0.329 e. The summed E-state index contributed by atoms with van der Waals surface area (Å²) in [5.41, 5.74) is 6.79. The van der Waals surface area contributed by atoms with Crippen LogP contribution in [0.4, 0.5) is 0 Å². The van der Waals surface area contributed by atoms with Crippen molar-refractivity contribution in [2.24, 2.45) is 17.1 Å². The number of likely N-dealkylation sites (N-methyl/N-ethyl adjacent to an activating group) is 1. The van der Waals surface area contributed by atoms with E-state index in [9.17, 15) is 0 Å². The van der Waals surface area contributed by atoms with Gasteiger partial charge in [0, 0.05) is 25.2 Å². The molecule has 0 radical (unpaired) electrons. The van der Waals surface area contributed by atoms with Crippen molar-refractivity contribution in [3.05, 3.63) is 0 Å². The normalized spacial score (nSPS) is 36.7. The van der Waals surface area contributed by atoms with Crippen LogP contribution in [0, 0.1) is 11.3 Å². The molecule has 2 aliphatic rings. The quantitative estimate of drug-likeness (QED) is 0.829. The Bertz CT molecular complexity index is 289. The summed E-state index contributed by atoms with van der Waals surface area (Å²) in [6.07, 6.45) is 5.27. The highest BCUT2D eigenvalue weighted by Crippen LogP contribution is 2.48. The smallest absolute Gasteiger partial charge is 0.0379 e. The van der Waals surface area contributed by atoms with Gasteiger partial charge in [0.1, 0.15) is 0 Å². The molecule has 106 valence electrons. The van der Waals surface area contributed by atoms with E-state index in [1.807, 2.05) is 0 Å². The molecule has 0 aromatic heterocycles. The molecule has 0 aromatic carbocycles. The van der Waals surface area contributed by atoms with Crippen LogP contribution in [0.1, 0.15) is 39.5 Å². The number of hydrogen-bond acceptors (Lipinski definition) is 3. The molecule has 2 unspecified atom stereocenters. The van der Waals surface area contributed by atoms with Crippen molar-refractivity contribution < 1.29 is 0 Å². The second kappa shape index (κ2) is 5.10. The van der Waals surface area contributed by atoms with Crippen molar-refractivity contribution in [1.82, 2.24) is 9.80 Å². The maximum atomic E-state index is 6.19. The second-order valence-corrected chi connectivity index (χ2v) is 7.27. The van der Waals surface area contributed by atoms with Crippen molar-refractivity contribution in [3.8, 4) is 0 Å². The number of nitrogens with two attached hydrogens (primary N) is 1. The third-order valence-electron chi connectivity index (χ3n) is 5.74. The van der Waals surface area contributed by atoms with Gasteiger partial charge in [-0.2, -0.15) is 0 Å². The maximum absolute atomic E-state index is 6.19. The van der Waals surface area contributed by atoms with Crippen molar-refractivity contribution in [1.29, 1.82) is 0 Å². The Morgan fingerprint density at radius 3 is 2.50 bits per heavy atom. The van der Waals surface area contributed by atoms with Crippen LogP contribution < -0.4 is 5.73 Å². The van der Waals surface area contributed by atoms with Gasteiger partial charge in [-0.05, 0) is 51.2 Å². The van der Waals surface area contributed by atoms with Crippen LogP contribution in [0.25, 0.3) is 0 Å². The van der Waals surface area contributed by atoms with E-state index in [1.165, 1.54) is 45.3 Å². The van der Waals surface area contributed by atoms with Gasteiger partial charge in [-0.1, -0.05) is 20.3 Å². The standard InChI is InChI=1S/C15H31N3/c1-14(2)7-5-8-15(14,12-16)18(4)11-13-6-9-17(3)10-13/h13H,5-12,16H2,1-4H3. The van der Waals surface area contributed by atoms with Gasteiger partial charge in [-0.3, -0.25) is 4.90 Å². The van der Waals surface area contributed by atoms with Crippen molar-refractivity contribution in [2.45, 2.75) is 45.1 Å². The molecule has 0 spiro atoms. The minimum absolute atomic E-state index is 0.230. The van der Waals surface area contributed by atoms with Gasteiger partial charge in [0.25, 0.3) is 0 Å². The van der Waals surface area contributed by atoms with E-state index >= 15 is 0 Å². The molecule has 0 amide bonds. The zero-order valence-electron chi connectivity index (χ0n) is 12.7. The molecule has 1 saturated carbocycles. The summed E-state index contributed by atoms with van der Waals surface area (Å²) >= 11 is 0. The first kappa shape index (κ1) is 14.3. The van der Waals surface area contributed by atoms with E-state index < -0.39 is 0 Å². The highest BCUT2D eigenvalue weighted by molar-refractivity contribution is 5.06. The van der Waals surface area contributed by atoms with Gasteiger partial charge in [-0.15, -0.1) is 0 Å². The lowest BCUT2D eigenvalue weighted by Crippen LogP contribution is -2.59. The molecule has 2 N–H and O–H groups in total. The Balaban J connectivity index is 2.04. The van der Waals surface area contributed by atoms with E-state index in [1.54, 1.807) is 0 Å². The lowest BCUT2D eigenvalue weighted by atomic mass is 9.73. The summed E-state index contributed by atoms with van der Waals surface area (Å²) in [4.78, 5) is 5.05. The molecule has 0 aromatic rings. The van der Waals surface area contributed by atoms with Crippen molar-refractivity contribution in [2.75, 3.05) is 40.3 Å². The number of nitrogens with zero attached hydrogens (tertiary/aromatic N) is 2. The second-order valence-electron chi connectivity index (χ2n) is 7.27. The number of rotatable bonds is 4. The van der Waals surface area contributed by atoms with E-state index in [0.29, 0.717) is 5.41 Å². The van der Waals surface area contributed by atoms with E-state index in [4.69, 9.17) is 5.73 Å². The zero-order chi connectivity index (χ0) is 13.4. The maximum Gasteiger partial charge on any atom is 0.0379 e. The van der Waals surface area contributed by atoms with E-state index in [2.05, 4.69) is 37.7 Å². The van der Waals surface area contributed by atoms with Crippen LogP contribution >= 0.6 is 0 Å². The predicted octanol–water partition coefficient (Wildman–Crippen LogP) is 1.78. The number of likely N-dealkylation sites (tertiary alicyclic amines) is 1. The Labute approximate surface area is 113 Å². The zero-order valence-corrected chi connectivity index (χ0v) is 12.7. The molecule has 3 heteroatoms.